The van der Waals surface area contributed by atoms with Gasteiger partial charge in [-0.2, -0.15) is 0 Å². The Morgan fingerprint density at radius 1 is 1.69 bits per heavy atom. The Kier molecular flexibility index (Phi) is 4.12. The molecule has 0 aromatic carbocycles. The highest BCUT2D eigenvalue weighted by atomic mass is 35.5. The summed E-state index contributed by atoms with van der Waals surface area (Å²) >= 11 is 5.82. The molecule has 1 rings (SSSR count). The van der Waals surface area contributed by atoms with Crippen molar-refractivity contribution < 1.29 is 4.79 Å². The van der Waals surface area contributed by atoms with Gasteiger partial charge in [-0.1, -0.05) is 18.5 Å². The van der Waals surface area contributed by atoms with E-state index in [2.05, 4.69) is 4.98 Å². The topological polar surface area (TPSA) is 59.2 Å². The Morgan fingerprint density at radius 3 is 2.81 bits per heavy atom. The van der Waals surface area contributed by atoms with Gasteiger partial charge in [0.05, 0.1) is 10.6 Å². The number of hydrogen-bond donors (Lipinski definition) is 1. The fourth-order valence-electron chi connectivity index (χ4n) is 1.24. The lowest BCUT2D eigenvalue weighted by molar-refractivity contribution is 0.0740. The van der Waals surface area contributed by atoms with E-state index in [1.165, 1.54) is 6.20 Å². The predicted octanol–water partition coefficient (Wildman–Crippen LogP) is 2.19. The fraction of sp³-hybridized carbons (Fsp3) is 0.455. The molecule has 1 aromatic heterocycles. The largest absolute Gasteiger partial charge is 0.382 e. The molecule has 0 saturated carbocycles. The number of nitrogen functional groups attached to an aromatic ring is 1. The van der Waals surface area contributed by atoms with Crippen LogP contribution in [0.5, 0.6) is 0 Å². The van der Waals surface area contributed by atoms with Crippen LogP contribution in [0.3, 0.4) is 0 Å². The van der Waals surface area contributed by atoms with E-state index in [1.807, 2.05) is 13.8 Å². The average molecular weight is 242 g/mol. The number of rotatable bonds is 3. The first-order valence-corrected chi connectivity index (χ1v) is 5.53. The van der Waals surface area contributed by atoms with Gasteiger partial charge in [0.15, 0.2) is 0 Å². The molecule has 16 heavy (non-hydrogen) atoms. The molecule has 0 spiro atoms. The minimum atomic E-state index is -0.0937. The summed E-state index contributed by atoms with van der Waals surface area (Å²) in [5, 5.41) is 0.309. The summed E-state index contributed by atoms with van der Waals surface area (Å²) in [4.78, 5) is 17.5. The molecular formula is C11H16ClN3O. The van der Waals surface area contributed by atoms with Crippen LogP contribution in [0.15, 0.2) is 12.3 Å². The molecule has 0 bridgehead atoms. The Morgan fingerprint density at radius 2 is 2.31 bits per heavy atom. The first kappa shape index (κ1) is 12.8. The van der Waals surface area contributed by atoms with Crippen molar-refractivity contribution in [1.29, 1.82) is 0 Å². The summed E-state index contributed by atoms with van der Waals surface area (Å²) in [6.07, 6.45) is 2.35. The molecule has 0 saturated heterocycles. The van der Waals surface area contributed by atoms with Crippen LogP contribution in [0, 0.1) is 0 Å². The second-order valence-electron chi connectivity index (χ2n) is 3.76. The quantitative estimate of drug-likeness (QED) is 0.883. The van der Waals surface area contributed by atoms with E-state index >= 15 is 0 Å². The minimum absolute atomic E-state index is 0.0937. The van der Waals surface area contributed by atoms with Crippen molar-refractivity contribution in [3.05, 3.63) is 22.8 Å². The van der Waals surface area contributed by atoms with Gasteiger partial charge < -0.3 is 10.6 Å². The molecule has 4 nitrogen and oxygen atoms in total. The van der Waals surface area contributed by atoms with Gasteiger partial charge in [-0.25, -0.2) is 4.98 Å². The summed E-state index contributed by atoms with van der Waals surface area (Å²) < 4.78 is 0. The Bertz CT molecular complexity index is 395. The summed E-state index contributed by atoms with van der Waals surface area (Å²) in [7, 11) is 1.76. The van der Waals surface area contributed by atoms with Crippen LogP contribution in [-0.2, 0) is 0 Å². The maximum Gasteiger partial charge on any atom is 0.255 e. The van der Waals surface area contributed by atoms with Crippen molar-refractivity contribution in [3.63, 3.8) is 0 Å². The highest BCUT2D eigenvalue weighted by molar-refractivity contribution is 6.33. The molecule has 0 aliphatic heterocycles. The molecule has 1 aromatic rings. The smallest absolute Gasteiger partial charge is 0.255 e. The Labute approximate surface area is 100 Å². The van der Waals surface area contributed by atoms with Crippen LogP contribution >= 0.6 is 11.6 Å². The van der Waals surface area contributed by atoms with Crippen molar-refractivity contribution in [2.45, 2.75) is 26.3 Å². The van der Waals surface area contributed by atoms with Gasteiger partial charge in [-0.15, -0.1) is 0 Å². The maximum atomic E-state index is 12.0. The molecular weight excluding hydrogens is 226 g/mol. The molecule has 1 atom stereocenters. The van der Waals surface area contributed by atoms with Crippen LogP contribution in [-0.4, -0.2) is 28.9 Å². The molecule has 2 N–H and O–H groups in total. The fourth-order valence-corrected chi connectivity index (χ4v) is 1.41. The normalized spacial score (nSPS) is 12.2. The lowest BCUT2D eigenvalue weighted by Crippen LogP contribution is -2.34. The molecule has 1 heterocycles. The van der Waals surface area contributed by atoms with Gasteiger partial charge in [-0.05, 0) is 19.4 Å². The molecule has 1 unspecified atom stereocenters. The number of nitrogens with two attached hydrogens (primary N) is 1. The zero-order valence-electron chi connectivity index (χ0n) is 9.70. The zero-order valence-corrected chi connectivity index (χ0v) is 10.5. The van der Waals surface area contributed by atoms with E-state index in [0.717, 1.165) is 6.42 Å². The molecule has 0 radical (unpaired) electrons. The Balaban J connectivity index is 2.92. The van der Waals surface area contributed by atoms with E-state index in [0.29, 0.717) is 10.6 Å². The number of nitrogens with zero attached hydrogens (tertiary/aromatic N) is 2. The van der Waals surface area contributed by atoms with Gasteiger partial charge in [0, 0.05) is 19.3 Å². The van der Waals surface area contributed by atoms with Crippen molar-refractivity contribution >= 4 is 23.3 Å². The van der Waals surface area contributed by atoms with Crippen molar-refractivity contribution in [2.75, 3.05) is 12.8 Å². The van der Waals surface area contributed by atoms with E-state index < -0.39 is 0 Å². The molecule has 88 valence electrons. The summed E-state index contributed by atoms with van der Waals surface area (Å²) in [5.74, 6) is 0.146. The monoisotopic (exact) mass is 241 g/mol. The zero-order chi connectivity index (χ0) is 12.3. The molecule has 0 aliphatic carbocycles. The third kappa shape index (κ3) is 2.64. The third-order valence-electron chi connectivity index (χ3n) is 2.69. The lowest BCUT2D eigenvalue weighted by Gasteiger charge is -2.23. The van der Waals surface area contributed by atoms with E-state index in [-0.39, 0.29) is 17.8 Å². The lowest BCUT2D eigenvalue weighted by atomic mass is 10.2. The van der Waals surface area contributed by atoms with Gasteiger partial charge in [0.1, 0.15) is 5.82 Å². The van der Waals surface area contributed by atoms with Crippen molar-refractivity contribution in [1.82, 2.24) is 9.88 Å². The average Bonchev–Trinajstić information content (AvgIpc) is 2.29. The van der Waals surface area contributed by atoms with Gasteiger partial charge in [0.2, 0.25) is 0 Å². The molecule has 1 amide bonds. The maximum absolute atomic E-state index is 12.0. The first-order chi connectivity index (χ1) is 7.47. The van der Waals surface area contributed by atoms with Crippen LogP contribution in [0.25, 0.3) is 0 Å². The summed E-state index contributed by atoms with van der Waals surface area (Å²) in [6.45, 7) is 4.02. The molecule has 0 aliphatic rings. The summed E-state index contributed by atoms with van der Waals surface area (Å²) in [5.41, 5.74) is 5.94. The van der Waals surface area contributed by atoms with Crippen LogP contribution in [0.1, 0.15) is 30.6 Å². The number of halogens is 1. The molecule has 5 heteroatoms. The number of amides is 1. The van der Waals surface area contributed by atoms with Crippen molar-refractivity contribution in [2.24, 2.45) is 0 Å². The number of carbonyl (C=O) groups is 1. The van der Waals surface area contributed by atoms with Gasteiger partial charge in [0.25, 0.3) is 5.91 Å². The highest BCUT2D eigenvalue weighted by Crippen LogP contribution is 2.18. The van der Waals surface area contributed by atoms with E-state index in [4.69, 9.17) is 17.3 Å². The van der Waals surface area contributed by atoms with Crippen LogP contribution in [0.4, 0.5) is 5.82 Å². The number of pyridine rings is 1. The highest BCUT2D eigenvalue weighted by Gasteiger charge is 2.17. The first-order valence-electron chi connectivity index (χ1n) is 5.15. The third-order valence-corrected chi connectivity index (χ3v) is 2.99. The number of anilines is 1. The predicted molar refractivity (Wildman–Crippen MR) is 65.5 cm³/mol. The molecule has 0 fully saturated rings. The number of aromatic nitrogens is 1. The van der Waals surface area contributed by atoms with Crippen LogP contribution in [0.2, 0.25) is 5.02 Å². The van der Waals surface area contributed by atoms with E-state index in [1.54, 1.807) is 18.0 Å². The van der Waals surface area contributed by atoms with Crippen LogP contribution < -0.4 is 5.73 Å². The van der Waals surface area contributed by atoms with Crippen molar-refractivity contribution in [3.8, 4) is 0 Å². The summed E-state index contributed by atoms with van der Waals surface area (Å²) in [6, 6.07) is 1.73. The minimum Gasteiger partial charge on any atom is -0.382 e. The SMILES string of the molecule is CCC(C)N(C)C(=O)c1cnc(N)c(Cl)c1. The van der Waals surface area contributed by atoms with Gasteiger partial charge in [-0.3, -0.25) is 4.79 Å². The second kappa shape index (κ2) is 5.16. The Hall–Kier alpha value is -1.29. The number of hydrogen-bond acceptors (Lipinski definition) is 3. The standard InChI is InChI=1S/C11H16ClN3O/c1-4-7(2)15(3)11(16)8-5-9(12)10(13)14-6-8/h5-7H,4H2,1-3H3,(H2,13,14). The van der Waals surface area contributed by atoms with Gasteiger partial charge >= 0.3 is 0 Å². The second-order valence-corrected chi connectivity index (χ2v) is 4.17. The van der Waals surface area contributed by atoms with E-state index in [9.17, 15) is 4.79 Å². The number of carbonyl (C=O) groups excluding carboxylic acids is 1.